The molecule has 1 rings (SSSR count). The average molecular weight is 157 g/mol. The quantitative estimate of drug-likeness (QED) is 0.651. The Kier molecular flexibility index (Phi) is 3.34. The highest BCUT2D eigenvalue weighted by atomic mass is 16.5. The summed E-state index contributed by atoms with van der Waals surface area (Å²) < 4.78 is 5.04. The van der Waals surface area contributed by atoms with Gasteiger partial charge in [-0.15, -0.1) is 0 Å². The molecule has 1 saturated carbocycles. The van der Waals surface area contributed by atoms with Crippen molar-refractivity contribution in [3.8, 4) is 0 Å². The van der Waals surface area contributed by atoms with Crippen LogP contribution in [0, 0.1) is 5.92 Å². The number of hydrogen-bond acceptors (Lipinski definition) is 2. The third-order valence-electron chi connectivity index (χ3n) is 2.29. The minimum Gasteiger partial charge on any atom is -0.383 e. The van der Waals surface area contributed by atoms with Crippen LogP contribution in [0.3, 0.4) is 0 Å². The van der Waals surface area contributed by atoms with Crippen LogP contribution >= 0.6 is 0 Å². The number of hydrogen-bond donors (Lipinski definition) is 1. The van der Waals surface area contributed by atoms with Gasteiger partial charge in [0.25, 0.3) is 0 Å². The Balaban J connectivity index is 2.07. The maximum absolute atomic E-state index is 5.04. The molecule has 1 aliphatic rings. The summed E-state index contributed by atoms with van der Waals surface area (Å²) in [6.07, 6.45) is 2.82. The maximum atomic E-state index is 5.04. The topological polar surface area (TPSA) is 21.3 Å². The summed E-state index contributed by atoms with van der Waals surface area (Å²) in [5.41, 5.74) is 0. The summed E-state index contributed by atoms with van der Waals surface area (Å²) in [5, 5.41) is 3.52. The first-order valence-electron chi connectivity index (χ1n) is 4.49. The van der Waals surface area contributed by atoms with Crippen LogP contribution in [-0.2, 0) is 4.74 Å². The van der Waals surface area contributed by atoms with Crippen molar-refractivity contribution < 1.29 is 4.74 Å². The standard InChI is InChI=1S/C9H19NO/c1-7(6-11-3)10-8(2)9-4-5-9/h7-10H,4-6H2,1-3H3. The Hall–Kier alpha value is -0.0800. The second kappa shape index (κ2) is 4.07. The number of methoxy groups -OCH3 is 1. The van der Waals surface area contributed by atoms with Gasteiger partial charge in [0.05, 0.1) is 6.61 Å². The van der Waals surface area contributed by atoms with Crippen LogP contribution in [0.1, 0.15) is 26.7 Å². The molecule has 0 saturated heterocycles. The van der Waals surface area contributed by atoms with E-state index in [4.69, 9.17) is 4.74 Å². The molecule has 2 unspecified atom stereocenters. The van der Waals surface area contributed by atoms with Crippen molar-refractivity contribution in [2.75, 3.05) is 13.7 Å². The summed E-state index contributed by atoms with van der Waals surface area (Å²) in [5.74, 6) is 0.939. The van der Waals surface area contributed by atoms with Crippen LogP contribution < -0.4 is 5.32 Å². The summed E-state index contributed by atoms with van der Waals surface area (Å²) in [6, 6.07) is 1.18. The Morgan fingerprint density at radius 3 is 2.55 bits per heavy atom. The molecule has 0 spiro atoms. The Morgan fingerprint density at radius 1 is 1.45 bits per heavy atom. The van der Waals surface area contributed by atoms with E-state index in [2.05, 4.69) is 19.2 Å². The molecule has 0 aromatic rings. The second-order valence-electron chi connectivity index (χ2n) is 3.65. The predicted molar refractivity (Wildman–Crippen MR) is 46.7 cm³/mol. The molecule has 0 radical (unpaired) electrons. The predicted octanol–water partition coefficient (Wildman–Crippen LogP) is 1.41. The van der Waals surface area contributed by atoms with Crippen molar-refractivity contribution in [2.24, 2.45) is 5.92 Å². The zero-order valence-electron chi connectivity index (χ0n) is 7.76. The van der Waals surface area contributed by atoms with E-state index < -0.39 is 0 Å². The van der Waals surface area contributed by atoms with E-state index in [1.54, 1.807) is 7.11 Å². The van der Waals surface area contributed by atoms with Gasteiger partial charge in [-0.2, -0.15) is 0 Å². The van der Waals surface area contributed by atoms with E-state index in [0.29, 0.717) is 12.1 Å². The van der Waals surface area contributed by atoms with Crippen LogP contribution in [0.15, 0.2) is 0 Å². The summed E-state index contributed by atoms with van der Waals surface area (Å²) in [4.78, 5) is 0. The third kappa shape index (κ3) is 3.21. The number of nitrogens with one attached hydrogen (secondary N) is 1. The van der Waals surface area contributed by atoms with E-state index in [9.17, 15) is 0 Å². The van der Waals surface area contributed by atoms with Gasteiger partial charge in [0, 0.05) is 19.2 Å². The van der Waals surface area contributed by atoms with E-state index in [0.717, 1.165) is 12.5 Å². The van der Waals surface area contributed by atoms with Crippen LogP contribution in [0.25, 0.3) is 0 Å². The molecule has 11 heavy (non-hydrogen) atoms. The molecule has 1 aliphatic carbocycles. The molecule has 0 heterocycles. The van der Waals surface area contributed by atoms with Crippen LogP contribution in [0.2, 0.25) is 0 Å². The van der Waals surface area contributed by atoms with Gasteiger partial charge >= 0.3 is 0 Å². The second-order valence-corrected chi connectivity index (χ2v) is 3.65. The Bertz CT molecular complexity index is 112. The first kappa shape index (κ1) is 9.01. The van der Waals surface area contributed by atoms with Crippen molar-refractivity contribution in [1.29, 1.82) is 0 Å². The van der Waals surface area contributed by atoms with Crippen molar-refractivity contribution in [3.05, 3.63) is 0 Å². The highest BCUT2D eigenvalue weighted by Gasteiger charge is 2.28. The van der Waals surface area contributed by atoms with Crippen molar-refractivity contribution >= 4 is 0 Å². The minimum atomic E-state index is 0.496. The van der Waals surface area contributed by atoms with Crippen LogP contribution in [0.5, 0.6) is 0 Å². The lowest BCUT2D eigenvalue weighted by molar-refractivity contribution is 0.166. The van der Waals surface area contributed by atoms with Gasteiger partial charge in [-0.05, 0) is 32.6 Å². The lowest BCUT2D eigenvalue weighted by atomic mass is 10.2. The lowest BCUT2D eigenvalue weighted by Gasteiger charge is -2.18. The summed E-state index contributed by atoms with van der Waals surface area (Å²) >= 11 is 0. The largest absolute Gasteiger partial charge is 0.383 e. The van der Waals surface area contributed by atoms with Gasteiger partial charge in [-0.25, -0.2) is 0 Å². The molecular formula is C9H19NO. The van der Waals surface area contributed by atoms with Gasteiger partial charge in [-0.1, -0.05) is 0 Å². The monoisotopic (exact) mass is 157 g/mol. The number of rotatable bonds is 5. The fourth-order valence-electron chi connectivity index (χ4n) is 1.48. The van der Waals surface area contributed by atoms with Crippen LogP contribution in [0.4, 0.5) is 0 Å². The molecule has 2 atom stereocenters. The Labute approximate surface area is 69.3 Å². The number of ether oxygens (including phenoxy) is 1. The first-order valence-corrected chi connectivity index (χ1v) is 4.49. The Morgan fingerprint density at radius 2 is 2.09 bits per heavy atom. The molecule has 0 bridgehead atoms. The lowest BCUT2D eigenvalue weighted by Crippen LogP contribution is -2.38. The fraction of sp³-hybridized carbons (Fsp3) is 1.00. The highest BCUT2D eigenvalue weighted by molar-refractivity contribution is 4.84. The molecule has 2 heteroatoms. The van der Waals surface area contributed by atoms with E-state index in [1.165, 1.54) is 12.8 Å². The molecule has 1 N–H and O–H groups in total. The highest BCUT2D eigenvalue weighted by Crippen LogP contribution is 2.32. The van der Waals surface area contributed by atoms with Gasteiger partial charge in [0.15, 0.2) is 0 Å². The molecule has 0 amide bonds. The SMILES string of the molecule is COCC(C)NC(C)C1CC1. The molecule has 2 nitrogen and oxygen atoms in total. The molecule has 0 aromatic heterocycles. The zero-order valence-corrected chi connectivity index (χ0v) is 7.76. The van der Waals surface area contributed by atoms with Crippen molar-refractivity contribution in [3.63, 3.8) is 0 Å². The van der Waals surface area contributed by atoms with Gasteiger partial charge < -0.3 is 10.1 Å². The van der Waals surface area contributed by atoms with Crippen molar-refractivity contribution in [2.45, 2.75) is 38.8 Å². The molecule has 0 aliphatic heterocycles. The maximum Gasteiger partial charge on any atom is 0.0613 e. The molecule has 0 aromatic carbocycles. The fourth-order valence-corrected chi connectivity index (χ4v) is 1.48. The van der Waals surface area contributed by atoms with Crippen LogP contribution in [-0.4, -0.2) is 25.8 Å². The summed E-state index contributed by atoms with van der Waals surface area (Å²) in [6.45, 7) is 5.25. The van der Waals surface area contributed by atoms with E-state index >= 15 is 0 Å². The molecular weight excluding hydrogens is 138 g/mol. The molecule has 66 valence electrons. The summed E-state index contributed by atoms with van der Waals surface area (Å²) in [7, 11) is 1.75. The van der Waals surface area contributed by atoms with E-state index in [1.807, 2.05) is 0 Å². The minimum absolute atomic E-state index is 0.496. The molecule has 1 fully saturated rings. The normalized spacial score (nSPS) is 23.2. The average Bonchev–Trinajstić information content (AvgIpc) is 2.67. The van der Waals surface area contributed by atoms with Gasteiger partial charge in [-0.3, -0.25) is 0 Å². The zero-order chi connectivity index (χ0) is 8.27. The van der Waals surface area contributed by atoms with Gasteiger partial charge in [0.2, 0.25) is 0 Å². The van der Waals surface area contributed by atoms with Gasteiger partial charge in [0.1, 0.15) is 0 Å². The van der Waals surface area contributed by atoms with Crippen molar-refractivity contribution in [1.82, 2.24) is 5.32 Å². The van der Waals surface area contributed by atoms with E-state index in [-0.39, 0.29) is 0 Å². The third-order valence-corrected chi connectivity index (χ3v) is 2.29. The first-order chi connectivity index (χ1) is 5.24. The smallest absolute Gasteiger partial charge is 0.0613 e.